The van der Waals surface area contributed by atoms with Crippen LogP contribution >= 0.6 is 0 Å². The van der Waals surface area contributed by atoms with Gasteiger partial charge in [-0.3, -0.25) is 0 Å². The van der Waals surface area contributed by atoms with Crippen LogP contribution in [0, 0.1) is 0 Å². The molecule has 0 unspecified atom stereocenters. The van der Waals surface area contributed by atoms with Crippen LogP contribution in [0.3, 0.4) is 0 Å². The quantitative estimate of drug-likeness (QED) is 0.532. The fourth-order valence-electron chi connectivity index (χ4n) is 2.79. The molecule has 1 heterocycles. The van der Waals surface area contributed by atoms with Crippen LogP contribution < -0.4 is 4.90 Å². The molecule has 0 saturated heterocycles. The zero-order valence-corrected chi connectivity index (χ0v) is 17.2. The van der Waals surface area contributed by atoms with E-state index in [1.807, 2.05) is 0 Å². The van der Waals surface area contributed by atoms with Crippen molar-refractivity contribution in [1.82, 2.24) is 14.8 Å². The van der Waals surface area contributed by atoms with Gasteiger partial charge in [-0.25, -0.2) is 0 Å². The fraction of sp³-hybridized carbons (Fsp3) is 0.529. The van der Waals surface area contributed by atoms with E-state index in [-0.39, 0.29) is 29.0 Å². The zero-order chi connectivity index (χ0) is 21.6. The van der Waals surface area contributed by atoms with Crippen molar-refractivity contribution in [3.8, 4) is 5.69 Å². The molecule has 1 aromatic heterocycles. The maximum Gasteiger partial charge on any atom is 0.453 e. The van der Waals surface area contributed by atoms with Gasteiger partial charge < -0.3 is 4.90 Å². The highest BCUT2D eigenvalue weighted by Gasteiger charge is 2.38. The molecule has 156 valence electrons. The highest BCUT2D eigenvalue weighted by molar-refractivity contribution is 7.86. The van der Waals surface area contributed by atoms with Gasteiger partial charge in [0.25, 0.3) is 5.82 Å². The van der Waals surface area contributed by atoms with Crippen LogP contribution in [0.1, 0.15) is 56.5 Å². The predicted octanol–water partition coefficient (Wildman–Crippen LogP) is 4.26. The van der Waals surface area contributed by atoms with Crippen molar-refractivity contribution < 1.29 is 25.5 Å². The topological polar surface area (TPSA) is 68.1 Å². The minimum atomic E-state index is -5.10. The van der Waals surface area contributed by atoms with E-state index in [2.05, 4.69) is 10.1 Å². The first-order valence-corrected chi connectivity index (χ1v) is 9.87. The number of aromatic nitrogens is 3. The molecular weight excluding hydrogens is 400 g/mol. The molecule has 0 aliphatic rings. The average Bonchev–Trinajstić information content (AvgIpc) is 2.98. The van der Waals surface area contributed by atoms with Gasteiger partial charge in [0.2, 0.25) is 5.95 Å². The average molecular weight is 422 g/mol. The first-order chi connectivity index (χ1) is 12.6. The third kappa shape index (κ3) is 4.29. The van der Waals surface area contributed by atoms with Crippen molar-refractivity contribution in [2.24, 2.45) is 0 Å². The summed E-state index contributed by atoms with van der Waals surface area (Å²) in [7, 11) is -2.15. The molecule has 1 aromatic carbocycles. The number of rotatable bonds is 5. The second-order valence-electron chi connectivity index (χ2n) is 7.24. The third-order valence-corrected chi connectivity index (χ3v) is 5.02. The molecule has 6 nitrogen and oxygen atoms in total. The summed E-state index contributed by atoms with van der Waals surface area (Å²) in [5, 5.41) is 3.54. The SMILES string of the molecule is CC(C)c1cc(C(C)C)c(S(=O)(=O)F)cc1-n1nc(C(F)(F)F)nc1N(C)C. The van der Waals surface area contributed by atoms with Crippen molar-refractivity contribution >= 4 is 16.2 Å². The molecule has 0 aliphatic carbocycles. The second kappa shape index (κ2) is 7.34. The summed E-state index contributed by atoms with van der Waals surface area (Å²) in [6.45, 7) is 7.00. The highest BCUT2D eigenvalue weighted by Crippen LogP contribution is 2.36. The Balaban J connectivity index is 2.94. The van der Waals surface area contributed by atoms with Crippen LogP contribution in [0.25, 0.3) is 5.69 Å². The highest BCUT2D eigenvalue weighted by atomic mass is 32.3. The Morgan fingerprint density at radius 3 is 1.96 bits per heavy atom. The Hall–Kier alpha value is -2.17. The normalized spacial score (nSPS) is 12.9. The van der Waals surface area contributed by atoms with E-state index in [1.54, 1.807) is 27.7 Å². The summed E-state index contributed by atoms with van der Waals surface area (Å²) >= 11 is 0. The molecule has 0 atom stereocenters. The van der Waals surface area contributed by atoms with Crippen LogP contribution in [0.15, 0.2) is 17.0 Å². The molecule has 28 heavy (non-hydrogen) atoms. The van der Waals surface area contributed by atoms with Gasteiger partial charge in [0, 0.05) is 14.1 Å². The molecule has 0 saturated carbocycles. The van der Waals surface area contributed by atoms with Gasteiger partial charge in [0.15, 0.2) is 0 Å². The predicted molar refractivity (Wildman–Crippen MR) is 97.2 cm³/mol. The Bertz CT molecular complexity index is 980. The summed E-state index contributed by atoms with van der Waals surface area (Å²) in [5.41, 5.74) is 0.803. The number of nitrogens with zero attached hydrogens (tertiary/aromatic N) is 4. The minimum absolute atomic E-state index is 0.0299. The van der Waals surface area contributed by atoms with Crippen molar-refractivity contribution in [2.75, 3.05) is 19.0 Å². The number of benzene rings is 1. The van der Waals surface area contributed by atoms with Crippen LogP contribution in [0.2, 0.25) is 0 Å². The van der Waals surface area contributed by atoms with E-state index in [1.165, 1.54) is 25.1 Å². The van der Waals surface area contributed by atoms with Gasteiger partial charge in [0.05, 0.1) is 5.69 Å². The molecule has 2 aromatic rings. The van der Waals surface area contributed by atoms with E-state index in [4.69, 9.17) is 0 Å². The van der Waals surface area contributed by atoms with Crippen molar-refractivity contribution in [3.63, 3.8) is 0 Å². The number of halogens is 4. The first kappa shape index (κ1) is 22.1. The Labute approximate surface area is 161 Å². The lowest BCUT2D eigenvalue weighted by Gasteiger charge is -2.21. The van der Waals surface area contributed by atoms with Gasteiger partial charge in [0.1, 0.15) is 4.90 Å². The van der Waals surface area contributed by atoms with E-state index in [9.17, 15) is 25.5 Å². The van der Waals surface area contributed by atoms with Gasteiger partial charge in [-0.15, -0.1) is 8.98 Å². The Kier molecular flexibility index (Phi) is 5.80. The molecule has 0 N–H and O–H groups in total. The van der Waals surface area contributed by atoms with Crippen LogP contribution in [-0.2, 0) is 16.4 Å². The number of hydrogen-bond acceptors (Lipinski definition) is 5. The fourth-order valence-corrected chi connectivity index (χ4v) is 3.62. The van der Waals surface area contributed by atoms with Gasteiger partial charge >= 0.3 is 16.4 Å². The standard InChI is InChI=1S/C17H22F4N4O2S/c1-9(2)11-7-12(10(3)4)14(28(21,26)27)8-13(11)25-16(24(5)6)22-15(23-25)17(18,19)20/h7-10H,1-6H3. The summed E-state index contributed by atoms with van der Waals surface area (Å²) in [5.74, 6) is -2.04. The summed E-state index contributed by atoms with van der Waals surface area (Å²) < 4.78 is 77.7. The van der Waals surface area contributed by atoms with Crippen LogP contribution in [0.5, 0.6) is 0 Å². The molecule has 0 bridgehead atoms. The maximum absolute atomic E-state index is 14.0. The maximum atomic E-state index is 14.0. The lowest BCUT2D eigenvalue weighted by atomic mass is 9.94. The lowest BCUT2D eigenvalue weighted by molar-refractivity contribution is -0.144. The van der Waals surface area contributed by atoms with Crippen LogP contribution in [-0.4, -0.2) is 37.3 Å². The Morgan fingerprint density at radius 2 is 1.57 bits per heavy atom. The smallest absolute Gasteiger partial charge is 0.347 e. The van der Waals surface area contributed by atoms with E-state index < -0.39 is 27.1 Å². The van der Waals surface area contributed by atoms with Gasteiger partial charge in [-0.05, 0) is 29.0 Å². The van der Waals surface area contributed by atoms with E-state index in [0.717, 1.165) is 10.7 Å². The van der Waals surface area contributed by atoms with Gasteiger partial charge in [-0.1, -0.05) is 33.8 Å². The van der Waals surface area contributed by atoms with E-state index in [0.29, 0.717) is 5.56 Å². The number of alkyl halides is 3. The lowest BCUT2D eigenvalue weighted by Crippen LogP contribution is -2.17. The monoisotopic (exact) mass is 422 g/mol. The number of hydrogen-bond donors (Lipinski definition) is 0. The zero-order valence-electron chi connectivity index (χ0n) is 16.3. The summed E-state index contributed by atoms with van der Waals surface area (Å²) in [6, 6.07) is 2.54. The molecule has 0 radical (unpaired) electrons. The molecule has 0 aliphatic heterocycles. The molecule has 0 amide bonds. The van der Waals surface area contributed by atoms with Gasteiger partial charge in [-0.2, -0.15) is 31.3 Å². The van der Waals surface area contributed by atoms with Crippen molar-refractivity contribution in [3.05, 3.63) is 29.1 Å². The van der Waals surface area contributed by atoms with Crippen molar-refractivity contribution in [2.45, 2.75) is 50.6 Å². The first-order valence-electron chi connectivity index (χ1n) is 8.49. The van der Waals surface area contributed by atoms with E-state index >= 15 is 0 Å². The molecule has 11 heteroatoms. The largest absolute Gasteiger partial charge is 0.453 e. The molecule has 0 fully saturated rings. The van der Waals surface area contributed by atoms with Crippen molar-refractivity contribution in [1.29, 1.82) is 0 Å². The summed E-state index contributed by atoms with van der Waals surface area (Å²) in [6.07, 6.45) is -4.79. The third-order valence-electron chi connectivity index (χ3n) is 4.14. The minimum Gasteiger partial charge on any atom is -0.347 e. The Morgan fingerprint density at radius 1 is 1.04 bits per heavy atom. The molecule has 0 spiro atoms. The number of anilines is 1. The molecular formula is C17H22F4N4O2S. The van der Waals surface area contributed by atoms with Crippen LogP contribution in [0.4, 0.5) is 23.0 Å². The second-order valence-corrected chi connectivity index (χ2v) is 8.55. The summed E-state index contributed by atoms with van der Waals surface area (Å²) in [4.78, 5) is 4.24. The molecule has 2 rings (SSSR count).